The zero-order chi connectivity index (χ0) is 13.6. The molecule has 0 fully saturated rings. The number of sulfonamides is 1. The lowest BCUT2D eigenvalue weighted by Crippen LogP contribution is -2.33. The molecule has 1 rings (SSSR count). The number of nitrogens with one attached hydrogen (secondary N) is 2. The number of carbonyl (C=O) groups excluding carboxylic acids is 1. The summed E-state index contributed by atoms with van der Waals surface area (Å²) in [6, 6.07) is 5.83. The highest BCUT2D eigenvalue weighted by atomic mass is 32.2. The Morgan fingerprint density at radius 1 is 1.39 bits per heavy atom. The highest BCUT2D eigenvalue weighted by molar-refractivity contribution is 7.89. The summed E-state index contributed by atoms with van der Waals surface area (Å²) in [5.74, 6) is 0. The number of hydrogen-bond donors (Lipinski definition) is 2. The van der Waals surface area contributed by atoms with Crippen molar-refractivity contribution in [3.8, 4) is 0 Å². The van der Waals surface area contributed by atoms with E-state index in [1.807, 2.05) is 0 Å². The van der Waals surface area contributed by atoms with Crippen molar-refractivity contribution in [1.29, 1.82) is 0 Å². The fraction of sp³-hybridized carbons (Fsp3) is 0.182. The Balaban J connectivity index is 2.73. The topological polar surface area (TPSA) is 95.2 Å². The van der Waals surface area contributed by atoms with E-state index in [0.717, 1.165) is 11.8 Å². The SMILES string of the molecule is CS(=O)(=O)NC(=O)Nc1cccc(/C=C/C[O])c1. The summed E-state index contributed by atoms with van der Waals surface area (Å²) in [6.45, 7) is -0.327. The van der Waals surface area contributed by atoms with Crippen LogP contribution in [-0.4, -0.2) is 27.3 Å². The van der Waals surface area contributed by atoms with Gasteiger partial charge in [-0.3, -0.25) is 0 Å². The first kappa shape index (κ1) is 14.2. The Kier molecular flexibility index (Phi) is 4.87. The van der Waals surface area contributed by atoms with Crippen LogP contribution in [0.3, 0.4) is 0 Å². The van der Waals surface area contributed by atoms with Crippen LogP contribution in [0.4, 0.5) is 10.5 Å². The highest BCUT2D eigenvalue weighted by Gasteiger charge is 2.07. The molecule has 0 spiro atoms. The molecule has 1 aromatic carbocycles. The van der Waals surface area contributed by atoms with Gasteiger partial charge in [-0.1, -0.05) is 24.3 Å². The lowest BCUT2D eigenvalue weighted by molar-refractivity contribution is 0.233. The molecule has 18 heavy (non-hydrogen) atoms. The van der Waals surface area contributed by atoms with Gasteiger partial charge in [0, 0.05) is 5.69 Å². The van der Waals surface area contributed by atoms with E-state index in [4.69, 9.17) is 0 Å². The van der Waals surface area contributed by atoms with Crippen LogP contribution < -0.4 is 10.0 Å². The lowest BCUT2D eigenvalue weighted by atomic mass is 10.2. The van der Waals surface area contributed by atoms with Crippen LogP contribution in [0.2, 0.25) is 0 Å². The van der Waals surface area contributed by atoms with Crippen LogP contribution in [0.15, 0.2) is 30.3 Å². The van der Waals surface area contributed by atoms with E-state index in [9.17, 15) is 18.3 Å². The minimum absolute atomic E-state index is 0.327. The molecule has 0 atom stereocenters. The summed E-state index contributed by atoms with van der Waals surface area (Å²) < 4.78 is 23.4. The Hall–Kier alpha value is -1.86. The summed E-state index contributed by atoms with van der Waals surface area (Å²) in [5, 5.41) is 12.7. The summed E-state index contributed by atoms with van der Waals surface area (Å²) in [5.41, 5.74) is 1.17. The van der Waals surface area contributed by atoms with Gasteiger partial charge >= 0.3 is 6.03 Å². The van der Waals surface area contributed by atoms with E-state index in [0.29, 0.717) is 5.69 Å². The lowest BCUT2D eigenvalue weighted by Gasteiger charge is -2.06. The molecule has 7 heteroatoms. The van der Waals surface area contributed by atoms with Gasteiger partial charge in [-0.2, -0.15) is 0 Å². The van der Waals surface area contributed by atoms with Gasteiger partial charge < -0.3 is 5.32 Å². The van der Waals surface area contributed by atoms with Crippen molar-refractivity contribution in [2.24, 2.45) is 0 Å². The number of anilines is 1. The van der Waals surface area contributed by atoms with Crippen LogP contribution in [0.5, 0.6) is 0 Å². The summed E-state index contributed by atoms with van der Waals surface area (Å²) >= 11 is 0. The molecule has 6 nitrogen and oxygen atoms in total. The molecular formula is C11H13N2O4S. The average Bonchev–Trinajstić information content (AvgIpc) is 2.24. The Labute approximate surface area is 105 Å². The van der Waals surface area contributed by atoms with E-state index < -0.39 is 16.1 Å². The molecule has 97 valence electrons. The van der Waals surface area contributed by atoms with Crippen molar-refractivity contribution in [2.75, 3.05) is 18.2 Å². The molecule has 1 aromatic rings. The molecule has 0 aliphatic carbocycles. The van der Waals surface area contributed by atoms with Crippen molar-refractivity contribution in [2.45, 2.75) is 0 Å². The van der Waals surface area contributed by atoms with Crippen LogP contribution in [-0.2, 0) is 15.1 Å². The zero-order valence-corrected chi connectivity index (χ0v) is 10.5. The molecule has 2 amide bonds. The number of hydrogen-bond acceptors (Lipinski definition) is 3. The molecule has 0 aliphatic heterocycles. The maximum absolute atomic E-state index is 11.3. The van der Waals surface area contributed by atoms with E-state index in [1.165, 1.54) is 6.08 Å². The highest BCUT2D eigenvalue weighted by Crippen LogP contribution is 2.11. The molecule has 0 aromatic heterocycles. The van der Waals surface area contributed by atoms with Crippen LogP contribution in [0, 0.1) is 0 Å². The second-order valence-corrected chi connectivity index (χ2v) is 5.27. The largest absolute Gasteiger partial charge is 0.332 e. The standard InChI is InChI=1S/C11H13N2O4S/c1-18(16,17)13-11(15)12-10-6-2-4-9(8-10)5-3-7-14/h2-6,8H,7H2,1H3,(H2,12,13,15)/b5-3+. The van der Waals surface area contributed by atoms with Crippen molar-refractivity contribution < 1.29 is 18.3 Å². The van der Waals surface area contributed by atoms with E-state index in [1.54, 1.807) is 35.1 Å². The van der Waals surface area contributed by atoms with Crippen molar-refractivity contribution in [3.63, 3.8) is 0 Å². The molecule has 0 saturated heterocycles. The molecular weight excluding hydrogens is 256 g/mol. The average molecular weight is 269 g/mol. The third kappa shape index (κ3) is 5.46. The van der Waals surface area contributed by atoms with Gasteiger partial charge in [0.1, 0.15) is 6.61 Å². The van der Waals surface area contributed by atoms with E-state index in [2.05, 4.69) is 5.32 Å². The number of amides is 2. The van der Waals surface area contributed by atoms with Gasteiger partial charge in [0.15, 0.2) is 0 Å². The quantitative estimate of drug-likeness (QED) is 0.860. The smallest absolute Gasteiger partial charge is 0.307 e. The number of benzene rings is 1. The zero-order valence-electron chi connectivity index (χ0n) is 9.71. The van der Waals surface area contributed by atoms with E-state index in [-0.39, 0.29) is 6.61 Å². The monoisotopic (exact) mass is 269 g/mol. The fourth-order valence-corrected chi connectivity index (χ4v) is 1.62. The third-order valence-corrected chi connectivity index (χ3v) is 2.39. The molecule has 0 saturated carbocycles. The molecule has 1 radical (unpaired) electrons. The summed E-state index contributed by atoms with van der Waals surface area (Å²) in [4.78, 5) is 11.3. The van der Waals surface area contributed by atoms with Crippen LogP contribution >= 0.6 is 0 Å². The van der Waals surface area contributed by atoms with Crippen LogP contribution in [0.25, 0.3) is 6.08 Å². The minimum atomic E-state index is -3.59. The molecule has 0 unspecified atom stereocenters. The van der Waals surface area contributed by atoms with Crippen molar-refractivity contribution in [1.82, 2.24) is 4.72 Å². The normalized spacial score (nSPS) is 11.4. The molecule has 0 heterocycles. The first-order valence-corrected chi connectivity index (χ1v) is 6.93. The van der Waals surface area contributed by atoms with Gasteiger partial charge in [0.25, 0.3) is 0 Å². The second kappa shape index (κ2) is 6.18. The molecule has 2 N–H and O–H groups in total. The van der Waals surface area contributed by atoms with Gasteiger partial charge in [-0.15, -0.1) is 0 Å². The molecule has 0 bridgehead atoms. The predicted molar refractivity (Wildman–Crippen MR) is 68.0 cm³/mol. The summed E-state index contributed by atoms with van der Waals surface area (Å²) in [6.07, 6.45) is 3.95. The van der Waals surface area contributed by atoms with Crippen molar-refractivity contribution >= 4 is 27.8 Å². The first-order chi connectivity index (χ1) is 8.40. The number of urea groups is 1. The maximum atomic E-state index is 11.3. The predicted octanol–water partition coefficient (Wildman–Crippen LogP) is 1.21. The fourth-order valence-electron chi connectivity index (χ4n) is 1.23. The first-order valence-electron chi connectivity index (χ1n) is 5.04. The van der Waals surface area contributed by atoms with Gasteiger partial charge in [-0.25, -0.2) is 23.0 Å². The second-order valence-electron chi connectivity index (χ2n) is 3.52. The van der Waals surface area contributed by atoms with E-state index >= 15 is 0 Å². The van der Waals surface area contributed by atoms with Gasteiger partial charge in [-0.05, 0) is 17.7 Å². The maximum Gasteiger partial charge on any atom is 0.332 e. The summed E-state index contributed by atoms with van der Waals surface area (Å²) in [7, 11) is -3.59. The molecule has 0 aliphatic rings. The number of carbonyl (C=O) groups is 1. The minimum Gasteiger partial charge on any atom is -0.307 e. The van der Waals surface area contributed by atoms with Crippen LogP contribution in [0.1, 0.15) is 5.56 Å². The Morgan fingerprint density at radius 2 is 2.11 bits per heavy atom. The Bertz CT molecular complexity index is 552. The third-order valence-electron chi connectivity index (χ3n) is 1.83. The Morgan fingerprint density at radius 3 is 2.72 bits per heavy atom. The van der Waals surface area contributed by atoms with Crippen molar-refractivity contribution in [3.05, 3.63) is 35.9 Å². The number of rotatable bonds is 4. The van der Waals surface area contributed by atoms with Gasteiger partial charge in [0.2, 0.25) is 10.0 Å². The van der Waals surface area contributed by atoms with Gasteiger partial charge in [0.05, 0.1) is 6.26 Å².